The van der Waals surface area contributed by atoms with E-state index in [1.165, 1.54) is 12.1 Å². The predicted molar refractivity (Wildman–Crippen MR) is 67.6 cm³/mol. The molecule has 0 heterocycles. The lowest BCUT2D eigenvalue weighted by atomic mass is 10.3. The lowest BCUT2D eigenvalue weighted by molar-refractivity contribution is -0.115. The first kappa shape index (κ1) is 14.2. The molecule has 0 aliphatic heterocycles. The van der Waals surface area contributed by atoms with Crippen LogP contribution in [0.4, 0.5) is 5.69 Å². The van der Waals surface area contributed by atoms with Crippen molar-refractivity contribution in [2.75, 3.05) is 5.32 Å². The summed E-state index contributed by atoms with van der Waals surface area (Å²) in [6.45, 7) is 3.19. The highest BCUT2D eigenvalue weighted by molar-refractivity contribution is 7.92. The van der Waals surface area contributed by atoms with E-state index in [2.05, 4.69) is 5.32 Å². The molecule has 0 aliphatic carbocycles. The summed E-state index contributed by atoms with van der Waals surface area (Å²) in [5.41, 5.74) is 0.372. The zero-order valence-electron chi connectivity index (χ0n) is 10.2. The van der Waals surface area contributed by atoms with Crippen molar-refractivity contribution < 1.29 is 13.2 Å². The van der Waals surface area contributed by atoms with Gasteiger partial charge in [-0.15, -0.1) is 0 Å². The van der Waals surface area contributed by atoms with Gasteiger partial charge in [0.05, 0.1) is 16.2 Å². The van der Waals surface area contributed by atoms with Gasteiger partial charge in [-0.3, -0.25) is 4.79 Å². The van der Waals surface area contributed by atoms with Gasteiger partial charge < -0.3 is 5.32 Å². The van der Waals surface area contributed by atoms with Crippen LogP contribution in [0.5, 0.6) is 0 Å². The molecule has 0 saturated heterocycles. The third-order valence-electron chi connectivity index (χ3n) is 2.31. The number of rotatable bonds is 4. The van der Waals surface area contributed by atoms with Crippen LogP contribution in [0.2, 0.25) is 0 Å². The minimum atomic E-state index is -3.36. The van der Waals surface area contributed by atoms with E-state index in [1.54, 1.807) is 32.0 Å². The number of hydrogen-bond donors (Lipinski definition) is 1. The highest BCUT2D eigenvalue weighted by Crippen LogP contribution is 2.19. The first-order chi connectivity index (χ1) is 8.37. The van der Waals surface area contributed by atoms with E-state index in [4.69, 9.17) is 5.26 Å². The molecule has 1 amide bonds. The van der Waals surface area contributed by atoms with Gasteiger partial charge in [0, 0.05) is 5.69 Å². The van der Waals surface area contributed by atoms with E-state index in [1.807, 2.05) is 0 Å². The van der Waals surface area contributed by atoms with Gasteiger partial charge in [-0.1, -0.05) is 6.07 Å². The molecule has 5 nitrogen and oxygen atoms in total. The lowest BCUT2D eigenvalue weighted by Gasteiger charge is -2.09. The molecule has 0 radical (unpaired) electrons. The van der Waals surface area contributed by atoms with E-state index in [0.29, 0.717) is 5.69 Å². The molecule has 6 heteroatoms. The first-order valence-electron chi connectivity index (χ1n) is 5.38. The summed E-state index contributed by atoms with van der Waals surface area (Å²) < 4.78 is 23.9. The van der Waals surface area contributed by atoms with E-state index in [-0.39, 0.29) is 11.3 Å². The van der Waals surface area contributed by atoms with Gasteiger partial charge in [-0.2, -0.15) is 5.26 Å². The minimum absolute atomic E-state index is 0.159. The van der Waals surface area contributed by atoms with Gasteiger partial charge >= 0.3 is 0 Å². The molecule has 1 rings (SSSR count). The molecule has 0 aliphatic rings. The molecule has 0 fully saturated rings. The molecule has 0 aromatic heterocycles. The summed E-state index contributed by atoms with van der Waals surface area (Å²) in [7, 11) is -3.36. The predicted octanol–water partition coefficient (Wildman–Crippen LogP) is 1.72. The molecule has 0 unspecified atom stereocenters. The molecule has 1 aromatic rings. The van der Waals surface area contributed by atoms with Gasteiger partial charge in [-0.05, 0) is 32.0 Å². The van der Waals surface area contributed by atoms with Crippen LogP contribution in [0.1, 0.15) is 20.3 Å². The summed E-state index contributed by atoms with van der Waals surface area (Å²) in [6.07, 6.45) is -0.263. The number of amides is 1. The molecule has 0 spiro atoms. The molecule has 96 valence electrons. The fourth-order valence-electron chi connectivity index (χ4n) is 1.30. The van der Waals surface area contributed by atoms with Crippen molar-refractivity contribution in [3.05, 3.63) is 24.3 Å². The molecule has 0 atom stereocenters. The summed E-state index contributed by atoms with van der Waals surface area (Å²) >= 11 is 0. The molecule has 1 N–H and O–H groups in total. The van der Waals surface area contributed by atoms with E-state index in [9.17, 15) is 13.2 Å². The van der Waals surface area contributed by atoms with Crippen LogP contribution in [0.25, 0.3) is 0 Å². The van der Waals surface area contributed by atoms with Crippen molar-refractivity contribution in [2.45, 2.75) is 30.4 Å². The number of nitriles is 1. The van der Waals surface area contributed by atoms with Crippen LogP contribution in [-0.4, -0.2) is 19.6 Å². The summed E-state index contributed by atoms with van der Waals surface area (Å²) in [6, 6.07) is 7.73. The second-order valence-electron chi connectivity index (χ2n) is 4.00. The minimum Gasteiger partial charge on any atom is -0.325 e. The first-order valence-corrected chi connectivity index (χ1v) is 6.93. The molecule has 0 saturated carbocycles. The Hall–Kier alpha value is -1.87. The van der Waals surface area contributed by atoms with Gasteiger partial charge in [-0.25, -0.2) is 8.42 Å². The highest BCUT2D eigenvalue weighted by Gasteiger charge is 2.19. The summed E-state index contributed by atoms with van der Waals surface area (Å²) in [5, 5.41) is 10.3. The van der Waals surface area contributed by atoms with Crippen molar-refractivity contribution >= 4 is 21.4 Å². The Balaban J connectivity index is 3.01. The lowest BCUT2D eigenvalue weighted by Crippen LogP contribution is -2.15. The Morgan fingerprint density at radius 2 is 2.11 bits per heavy atom. The fraction of sp³-hybridized carbons (Fsp3) is 0.333. The summed E-state index contributed by atoms with van der Waals surface area (Å²) in [5.74, 6) is -0.461. The number of nitrogens with one attached hydrogen (secondary N) is 1. The fourth-order valence-corrected chi connectivity index (χ4v) is 2.40. The average molecular weight is 266 g/mol. The molecule has 0 bridgehead atoms. The maximum Gasteiger partial charge on any atom is 0.238 e. The van der Waals surface area contributed by atoms with Gasteiger partial charge in [0.25, 0.3) is 0 Å². The van der Waals surface area contributed by atoms with Crippen molar-refractivity contribution in [1.29, 1.82) is 5.26 Å². The average Bonchev–Trinajstić information content (AvgIpc) is 2.29. The van der Waals surface area contributed by atoms with Crippen molar-refractivity contribution in [3.8, 4) is 6.07 Å². The topological polar surface area (TPSA) is 87.0 Å². The number of carbonyl (C=O) groups is 1. The number of nitrogens with zero attached hydrogens (tertiary/aromatic N) is 1. The van der Waals surface area contributed by atoms with Crippen LogP contribution in [-0.2, 0) is 14.6 Å². The zero-order valence-corrected chi connectivity index (χ0v) is 11.0. The number of hydrogen-bond acceptors (Lipinski definition) is 4. The number of benzene rings is 1. The third kappa shape index (κ3) is 3.31. The van der Waals surface area contributed by atoms with Gasteiger partial charge in [0.2, 0.25) is 5.91 Å². The van der Waals surface area contributed by atoms with Crippen LogP contribution in [0.3, 0.4) is 0 Å². The Morgan fingerprint density at radius 3 is 2.67 bits per heavy atom. The van der Waals surface area contributed by atoms with E-state index in [0.717, 1.165) is 0 Å². The standard InChI is InChI=1S/C12H14N2O3S/c1-9(2)18(16,17)11-5-3-4-10(8-11)14-12(15)6-7-13/h3-5,8-9H,6H2,1-2H3,(H,14,15). The Labute approximate surface area is 106 Å². The van der Waals surface area contributed by atoms with Crippen LogP contribution >= 0.6 is 0 Å². The SMILES string of the molecule is CC(C)S(=O)(=O)c1cccc(NC(=O)CC#N)c1. The number of anilines is 1. The molecular formula is C12H14N2O3S. The normalized spacial score (nSPS) is 11.0. The van der Waals surface area contributed by atoms with E-state index < -0.39 is 21.0 Å². The monoisotopic (exact) mass is 266 g/mol. The largest absolute Gasteiger partial charge is 0.325 e. The summed E-state index contributed by atoms with van der Waals surface area (Å²) in [4.78, 5) is 11.4. The van der Waals surface area contributed by atoms with Crippen molar-refractivity contribution in [2.24, 2.45) is 0 Å². The van der Waals surface area contributed by atoms with Gasteiger partial charge in [0.15, 0.2) is 9.84 Å². The van der Waals surface area contributed by atoms with Crippen LogP contribution in [0.15, 0.2) is 29.2 Å². The van der Waals surface area contributed by atoms with E-state index >= 15 is 0 Å². The quantitative estimate of drug-likeness (QED) is 0.898. The Kier molecular flexibility index (Phi) is 4.45. The number of sulfone groups is 1. The third-order valence-corrected chi connectivity index (χ3v) is 4.46. The van der Waals surface area contributed by atoms with Crippen LogP contribution < -0.4 is 5.32 Å². The smallest absolute Gasteiger partial charge is 0.238 e. The molecule has 1 aromatic carbocycles. The van der Waals surface area contributed by atoms with Crippen molar-refractivity contribution in [3.63, 3.8) is 0 Å². The van der Waals surface area contributed by atoms with Crippen molar-refractivity contribution in [1.82, 2.24) is 0 Å². The molecular weight excluding hydrogens is 252 g/mol. The second-order valence-corrected chi connectivity index (χ2v) is 6.51. The highest BCUT2D eigenvalue weighted by atomic mass is 32.2. The maximum atomic E-state index is 11.9. The Bertz CT molecular complexity index is 586. The second kappa shape index (κ2) is 5.65. The zero-order chi connectivity index (χ0) is 13.8. The Morgan fingerprint density at radius 1 is 1.44 bits per heavy atom. The number of carbonyl (C=O) groups excluding carboxylic acids is 1. The van der Waals surface area contributed by atoms with Crippen LogP contribution in [0, 0.1) is 11.3 Å². The van der Waals surface area contributed by atoms with Gasteiger partial charge in [0.1, 0.15) is 6.42 Å². The molecule has 18 heavy (non-hydrogen) atoms. The maximum absolute atomic E-state index is 11.9.